The van der Waals surface area contributed by atoms with Crippen LogP contribution in [0.1, 0.15) is 11.1 Å². The molecule has 150 valence electrons. The molecule has 1 N–H and O–H groups in total. The number of carbonyl (C=O) groups excluding carboxylic acids is 1. The molecule has 0 aliphatic carbocycles. The smallest absolute Gasteiger partial charge is 0.244 e. The Balaban J connectivity index is 1.67. The molecule has 0 unspecified atom stereocenters. The lowest BCUT2D eigenvalue weighted by atomic mass is 10.1. The van der Waals surface area contributed by atoms with E-state index in [-0.39, 0.29) is 17.5 Å². The molecule has 0 radical (unpaired) electrons. The van der Waals surface area contributed by atoms with Crippen LogP contribution in [0, 0.1) is 0 Å². The summed E-state index contributed by atoms with van der Waals surface area (Å²) >= 11 is 6.22. The molecule has 29 heavy (non-hydrogen) atoms. The Morgan fingerprint density at radius 2 is 1.86 bits per heavy atom. The molecule has 0 aliphatic rings. The Labute approximate surface area is 173 Å². The van der Waals surface area contributed by atoms with E-state index in [2.05, 4.69) is 15.5 Å². The molecular formula is C21H20ClN3O4. The van der Waals surface area contributed by atoms with E-state index < -0.39 is 0 Å². The minimum absolute atomic E-state index is 0.140. The van der Waals surface area contributed by atoms with Crippen LogP contribution in [0.25, 0.3) is 10.9 Å². The summed E-state index contributed by atoms with van der Waals surface area (Å²) in [4.78, 5) is 16.5. The number of aromatic nitrogens is 1. The van der Waals surface area contributed by atoms with Crippen molar-refractivity contribution in [1.82, 2.24) is 10.4 Å². The van der Waals surface area contributed by atoms with Crippen molar-refractivity contribution < 1.29 is 19.0 Å². The minimum Gasteiger partial charge on any atom is -0.497 e. The SMILES string of the molecule is COc1ccc2cc(/C=N/NC(=O)Cc3ccc(OC)c(OC)c3)c(Cl)nc2c1. The molecule has 7 nitrogen and oxygen atoms in total. The zero-order valence-corrected chi connectivity index (χ0v) is 17.0. The summed E-state index contributed by atoms with van der Waals surface area (Å²) in [6, 6.07) is 12.7. The summed E-state index contributed by atoms with van der Waals surface area (Å²) in [7, 11) is 4.69. The van der Waals surface area contributed by atoms with Crippen molar-refractivity contribution in [2.24, 2.45) is 5.10 Å². The molecule has 2 aromatic carbocycles. The maximum atomic E-state index is 12.2. The molecule has 8 heteroatoms. The van der Waals surface area contributed by atoms with Gasteiger partial charge in [0.25, 0.3) is 0 Å². The predicted octanol–water partition coefficient (Wildman–Crippen LogP) is 3.61. The molecular weight excluding hydrogens is 394 g/mol. The molecule has 3 aromatic rings. The first-order valence-electron chi connectivity index (χ1n) is 8.71. The number of benzene rings is 2. The Hall–Kier alpha value is -3.32. The van der Waals surface area contributed by atoms with Gasteiger partial charge in [-0.05, 0) is 35.9 Å². The van der Waals surface area contributed by atoms with Gasteiger partial charge in [0, 0.05) is 17.0 Å². The number of hydrazone groups is 1. The number of methoxy groups -OCH3 is 3. The molecule has 1 heterocycles. The van der Waals surface area contributed by atoms with Crippen molar-refractivity contribution in [3.63, 3.8) is 0 Å². The Kier molecular flexibility index (Phi) is 6.51. The monoisotopic (exact) mass is 413 g/mol. The topological polar surface area (TPSA) is 82.0 Å². The number of rotatable bonds is 7. The Bertz CT molecular complexity index is 1070. The Morgan fingerprint density at radius 3 is 2.59 bits per heavy atom. The zero-order chi connectivity index (χ0) is 20.8. The van der Waals surface area contributed by atoms with Gasteiger partial charge < -0.3 is 14.2 Å². The number of fused-ring (bicyclic) bond motifs is 1. The fourth-order valence-corrected chi connectivity index (χ4v) is 2.94. The van der Waals surface area contributed by atoms with Crippen molar-refractivity contribution in [2.75, 3.05) is 21.3 Å². The lowest BCUT2D eigenvalue weighted by Crippen LogP contribution is -2.19. The summed E-state index contributed by atoms with van der Waals surface area (Å²) in [6.45, 7) is 0. The molecule has 0 spiro atoms. The van der Waals surface area contributed by atoms with Crippen LogP contribution in [-0.4, -0.2) is 38.4 Å². The highest BCUT2D eigenvalue weighted by Gasteiger charge is 2.08. The lowest BCUT2D eigenvalue weighted by molar-refractivity contribution is -0.120. The molecule has 0 saturated carbocycles. The highest BCUT2D eigenvalue weighted by Crippen LogP contribution is 2.27. The largest absolute Gasteiger partial charge is 0.497 e. The Morgan fingerprint density at radius 1 is 1.07 bits per heavy atom. The number of nitrogens with zero attached hydrogens (tertiary/aromatic N) is 2. The maximum absolute atomic E-state index is 12.2. The summed E-state index contributed by atoms with van der Waals surface area (Å²) in [5.74, 6) is 1.59. The molecule has 1 amide bonds. The van der Waals surface area contributed by atoms with E-state index in [1.165, 1.54) is 6.21 Å². The highest BCUT2D eigenvalue weighted by molar-refractivity contribution is 6.32. The van der Waals surface area contributed by atoms with Crippen molar-refractivity contribution >= 4 is 34.6 Å². The van der Waals surface area contributed by atoms with Crippen LogP contribution in [0.5, 0.6) is 17.2 Å². The van der Waals surface area contributed by atoms with Gasteiger partial charge in [0.05, 0.1) is 39.5 Å². The predicted molar refractivity (Wildman–Crippen MR) is 112 cm³/mol. The van der Waals surface area contributed by atoms with E-state index in [0.717, 1.165) is 10.9 Å². The molecule has 0 atom stereocenters. The average Bonchev–Trinajstić information content (AvgIpc) is 2.73. The normalized spacial score (nSPS) is 10.9. The van der Waals surface area contributed by atoms with Crippen LogP contribution < -0.4 is 19.6 Å². The van der Waals surface area contributed by atoms with Gasteiger partial charge in [-0.25, -0.2) is 10.4 Å². The van der Waals surface area contributed by atoms with Crippen LogP contribution in [0.15, 0.2) is 47.6 Å². The number of ether oxygens (including phenoxy) is 3. The van der Waals surface area contributed by atoms with Crippen LogP contribution in [-0.2, 0) is 11.2 Å². The van der Waals surface area contributed by atoms with E-state index in [0.29, 0.717) is 28.3 Å². The van der Waals surface area contributed by atoms with Gasteiger partial charge in [-0.15, -0.1) is 0 Å². The summed E-state index contributed by atoms with van der Waals surface area (Å²) in [5.41, 5.74) is 4.57. The first kappa shape index (κ1) is 20.4. The van der Waals surface area contributed by atoms with Crippen LogP contribution >= 0.6 is 11.6 Å². The standard InChI is InChI=1S/C21H20ClN3O4/c1-27-16-6-5-14-10-15(21(22)24-17(14)11-16)12-23-25-20(26)9-13-4-7-18(28-2)19(8-13)29-3/h4-8,10-12H,9H2,1-3H3,(H,25,26)/b23-12+. The number of hydrogen-bond acceptors (Lipinski definition) is 6. The quantitative estimate of drug-likeness (QED) is 0.363. The summed E-state index contributed by atoms with van der Waals surface area (Å²) < 4.78 is 15.6. The van der Waals surface area contributed by atoms with Crippen molar-refractivity contribution in [3.05, 3.63) is 58.7 Å². The van der Waals surface area contributed by atoms with E-state index >= 15 is 0 Å². The number of carbonyl (C=O) groups is 1. The number of nitrogens with one attached hydrogen (secondary N) is 1. The third-order valence-corrected chi connectivity index (χ3v) is 4.51. The molecule has 1 aromatic heterocycles. The van der Waals surface area contributed by atoms with Gasteiger partial charge in [0.15, 0.2) is 11.5 Å². The second-order valence-corrected chi connectivity index (χ2v) is 6.44. The lowest BCUT2D eigenvalue weighted by Gasteiger charge is -2.09. The molecule has 0 aliphatic heterocycles. The first-order chi connectivity index (χ1) is 14.0. The average molecular weight is 414 g/mol. The van der Waals surface area contributed by atoms with Gasteiger partial charge in [-0.3, -0.25) is 4.79 Å². The van der Waals surface area contributed by atoms with Gasteiger partial charge in [-0.1, -0.05) is 17.7 Å². The van der Waals surface area contributed by atoms with Gasteiger partial charge in [-0.2, -0.15) is 5.10 Å². The minimum atomic E-state index is -0.275. The summed E-state index contributed by atoms with van der Waals surface area (Å²) in [5, 5.41) is 5.15. The van der Waals surface area contributed by atoms with Crippen molar-refractivity contribution in [3.8, 4) is 17.2 Å². The fourth-order valence-electron chi connectivity index (χ4n) is 2.75. The van der Waals surface area contributed by atoms with Crippen molar-refractivity contribution in [1.29, 1.82) is 0 Å². The number of hydrogen-bond donors (Lipinski definition) is 1. The van der Waals surface area contributed by atoms with Gasteiger partial charge >= 0.3 is 0 Å². The second kappa shape index (κ2) is 9.25. The third kappa shape index (κ3) is 4.94. The van der Waals surface area contributed by atoms with Gasteiger partial charge in [0.2, 0.25) is 5.91 Å². The fraction of sp³-hybridized carbons (Fsp3) is 0.190. The second-order valence-electron chi connectivity index (χ2n) is 6.09. The van der Waals surface area contributed by atoms with Gasteiger partial charge in [0.1, 0.15) is 10.9 Å². The third-order valence-electron chi connectivity index (χ3n) is 4.21. The number of pyridine rings is 1. The molecule has 0 saturated heterocycles. The van der Waals surface area contributed by atoms with Crippen molar-refractivity contribution in [2.45, 2.75) is 6.42 Å². The molecule has 0 fully saturated rings. The van der Waals surface area contributed by atoms with E-state index in [9.17, 15) is 4.79 Å². The van der Waals surface area contributed by atoms with Crippen LogP contribution in [0.2, 0.25) is 5.15 Å². The molecule has 3 rings (SSSR count). The molecule has 0 bridgehead atoms. The van der Waals surface area contributed by atoms with E-state index in [1.807, 2.05) is 18.2 Å². The van der Waals surface area contributed by atoms with E-state index in [4.69, 9.17) is 25.8 Å². The highest BCUT2D eigenvalue weighted by atomic mass is 35.5. The zero-order valence-electron chi connectivity index (χ0n) is 16.2. The number of halogens is 1. The van der Waals surface area contributed by atoms with Crippen LogP contribution in [0.3, 0.4) is 0 Å². The first-order valence-corrected chi connectivity index (χ1v) is 9.09. The number of amides is 1. The summed E-state index contributed by atoms with van der Waals surface area (Å²) in [6.07, 6.45) is 1.60. The maximum Gasteiger partial charge on any atom is 0.244 e. The van der Waals surface area contributed by atoms with Crippen LogP contribution in [0.4, 0.5) is 0 Å². The van der Waals surface area contributed by atoms with E-state index in [1.54, 1.807) is 45.6 Å².